The van der Waals surface area contributed by atoms with Crippen LogP contribution in [0.15, 0.2) is 112 Å². The molecule has 3 unspecified atom stereocenters. The molecule has 3 heteroatoms. The monoisotopic (exact) mass is 589 g/mol. The van der Waals surface area contributed by atoms with Crippen LogP contribution in [0.25, 0.3) is 28.2 Å². The van der Waals surface area contributed by atoms with Gasteiger partial charge in [0.2, 0.25) is 0 Å². The van der Waals surface area contributed by atoms with Gasteiger partial charge in [0, 0.05) is 40.8 Å². The Morgan fingerprint density at radius 1 is 0.844 bits per heavy atom. The summed E-state index contributed by atoms with van der Waals surface area (Å²) in [5, 5.41) is 1.25. The van der Waals surface area contributed by atoms with Crippen molar-refractivity contribution < 1.29 is 9.15 Å². The third kappa shape index (κ3) is 4.94. The SMILES string of the molecule is C1=CCC(c2cc(C3=CCC4C(=C3)OCC3=C4CC(c4ccc5oc6c(c5c4)C=CCC6)C=C3)cc(C3=CCCCC3)n2)C=C1. The lowest BCUT2D eigenvalue weighted by atomic mass is 9.75. The Morgan fingerprint density at radius 2 is 1.84 bits per heavy atom. The van der Waals surface area contributed by atoms with Crippen molar-refractivity contribution in [3.8, 4) is 0 Å². The number of benzene rings is 1. The van der Waals surface area contributed by atoms with Crippen molar-refractivity contribution in [1.82, 2.24) is 4.98 Å². The summed E-state index contributed by atoms with van der Waals surface area (Å²) in [6.07, 6.45) is 35.2. The van der Waals surface area contributed by atoms with Crippen LogP contribution in [0.5, 0.6) is 0 Å². The zero-order chi connectivity index (χ0) is 29.7. The molecule has 3 nitrogen and oxygen atoms in total. The Hall–Kier alpha value is -4.37. The number of ether oxygens (including phenoxy) is 1. The van der Waals surface area contributed by atoms with Gasteiger partial charge in [-0.2, -0.15) is 0 Å². The molecule has 0 bridgehead atoms. The highest BCUT2D eigenvalue weighted by molar-refractivity contribution is 5.90. The summed E-state index contributed by atoms with van der Waals surface area (Å²) in [5.74, 6) is 3.26. The molecule has 0 saturated carbocycles. The van der Waals surface area contributed by atoms with Crippen molar-refractivity contribution >= 4 is 28.2 Å². The van der Waals surface area contributed by atoms with E-state index in [0.29, 0.717) is 24.4 Å². The maximum Gasteiger partial charge on any atom is 0.134 e. The Morgan fingerprint density at radius 3 is 2.76 bits per heavy atom. The van der Waals surface area contributed by atoms with Crippen molar-refractivity contribution in [2.45, 2.75) is 69.6 Å². The normalized spacial score (nSPS) is 25.2. The minimum Gasteiger partial charge on any atom is -0.493 e. The van der Waals surface area contributed by atoms with E-state index in [1.165, 1.54) is 57.3 Å². The first-order chi connectivity index (χ1) is 22.3. The number of pyridine rings is 1. The minimum absolute atomic E-state index is 0.312. The topological polar surface area (TPSA) is 35.3 Å². The van der Waals surface area contributed by atoms with E-state index in [1.54, 1.807) is 5.57 Å². The molecule has 3 heterocycles. The van der Waals surface area contributed by atoms with Crippen LogP contribution >= 0.6 is 0 Å². The smallest absolute Gasteiger partial charge is 0.134 e. The Balaban J connectivity index is 1.00. The van der Waals surface area contributed by atoms with E-state index in [9.17, 15) is 0 Å². The van der Waals surface area contributed by atoms with E-state index in [1.807, 2.05) is 0 Å². The van der Waals surface area contributed by atoms with E-state index in [-0.39, 0.29) is 0 Å². The zero-order valence-electron chi connectivity index (χ0n) is 25.8. The summed E-state index contributed by atoms with van der Waals surface area (Å²) in [5.41, 5.74) is 12.9. The van der Waals surface area contributed by atoms with Crippen LogP contribution in [0, 0.1) is 5.92 Å². The van der Waals surface area contributed by atoms with Gasteiger partial charge in [0.15, 0.2) is 0 Å². The summed E-state index contributed by atoms with van der Waals surface area (Å²) in [4.78, 5) is 5.23. The first kappa shape index (κ1) is 27.0. The largest absolute Gasteiger partial charge is 0.493 e. The predicted octanol–water partition coefficient (Wildman–Crippen LogP) is 10.7. The molecule has 0 spiro atoms. The highest BCUT2D eigenvalue weighted by atomic mass is 16.5. The second-order valence-electron chi connectivity index (χ2n) is 13.4. The van der Waals surface area contributed by atoms with Gasteiger partial charge in [-0.25, -0.2) is 0 Å². The number of fused-ring (bicyclic) bond motifs is 5. The summed E-state index contributed by atoms with van der Waals surface area (Å²) < 4.78 is 12.7. The van der Waals surface area contributed by atoms with Gasteiger partial charge in [-0.1, -0.05) is 72.4 Å². The van der Waals surface area contributed by atoms with Crippen LogP contribution < -0.4 is 0 Å². The lowest BCUT2D eigenvalue weighted by Crippen LogP contribution is -2.24. The minimum atomic E-state index is 0.312. The molecule has 2 aromatic heterocycles. The van der Waals surface area contributed by atoms with E-state index in [0.717, 1.165) is 67.7 Å². The molecule has 6 aliphatic rings. The number of aryl methyl sites for hydroxylation is 1. The van der Waals surface area contributed by atoms with Gasteiger partial charge < -0.3 is 9.15 Å². The second kappa shape index (κ2) is 11.2. The van der Waals surface area contributed by atoms with Crippen LogP contribution in [0.4, 0.5) is 0 Å². The van der Waals surface area contributed by atoms with E-state index in [2.05, 4.69) is 97.2 Å². The number of nitrogens with zero attached hydrogens (tertiary/aromatic N) is 1. The van der Waals surface area contributed by atoms with Gasteiger partial charge in [-0.05, 0) is 110 Å². The molecule has 0 radical (unpaired) electrons. The summed E-state index contributed by atoms with van der Waals surface area (Å²) in [6, 6.07) is 11.5. The molecule has 3 atom stereocenters. The molecule has 5 aliphatic carbocycles. The summed E-state index contributed by atoms with van der Waals surface area (Å²) >= 11 is 0. The van der Waals surface area contributed by atoms with Gasteiger partial charge in [-0.3, -0.25) is 4.98 Å². The second-order valence-corrected chi connectivity index (χ2v) is 13.4. The number of hydrogen-bond acceptors (Lipinski definition) is 3. The standard InChI is InChI=1S/C42H39NO2/c1-3-9-27(10-4-1)38-23-33(24-39(43-38)28-11-5-2-6-12-28)31-17-19-35-36-21-29(15-16-32(36)26-44-42(35)25-31)30-18-20-41-37(22-30)34-13-7-8-14-40(34)45-41/h1,3-4,7,9,11,13,15-18,20,22-25,27,29,35H,2,5-6,8,10,12,14,19,21,26H2. The van der Waals surface area contributed by atoms with Gasteiger partial charge in [-0.15, -0.1) is 0 Å². The van der Waals surface area contributed by atoms with Crippen molar-refractivity contribution in [3.63, 3.8) is 0 Å². The number of aromatic nitrogens is 1. The number of hydrogen-bond donors (Lipinski definition) is 0. The number of furan rings is 1. The quantitative estimate of drug-likeness (QED) is 0.304. The fourth-order valence-corrected chi connectivity index (χ4v) is 8.15. The molecule has 0 fully saturated rings. The van der Waals surface area contributed by atoms with Crippen molar-refractivity contribution in [2.75, 3.05) is 6.61 Å². The van der Waals surface area contributed by atoms with E-state index < -0.39 is 0 Å². The number of rotatable bonds is 4. The van der Waals surface area contributed by atoms with Crippen LogP contribution in [0.3, 0.4) is 0 Å². The molecule has 0 amide bonds. The molecule has 3 aromatic rings. The third-order valence-corrected chi connectivity index (χ3v) is 10.6. The van der Waals surface area contributed by atoms with Gasteiger partial charge in [0.05, 0.1) is 5.69 Å². The average molecular weight is 590 g/mol. The van der Waals surface area contributed by atoms with Crippen molar-refractivity contribution in [3.05, 3.63) is 142 Å². The lowest BCUT2D eigenvalue weighted by Gasteiger charge is -2.36. The number of allylic oxidation sites excluding steroid dienone is 12. The van der Waals surface area contributed by atoms with E-state index >= 15 is 0 Å². The van der Waals surface area contributed by atoms with E-state index in [4.69, 9.17) is 14.1 Å². The Kier molecular flexibility index (Phi) is 6.72. The first-order valence-corrected chi connectivity index (χ1v) is 17.0. The fourth-order valence-electron chi connectivity index (χ4n) is 8.15. The van der Waals surface area contributed by atoms with Gasteiger partial charge in [0.1, 0.15) is 23.7 Å². The molecule has 0 saturated heterocycles. The van der Waals surface area contributed by atoms with Crippen molar-refractivity contribution in [2.24, 2.45) is 5.92 Å². The molecule has 9 rings (SSSR count). The highest BCUT2D eigenvalue weighted by Gasteiger charge is 2.33. The fraction of sp³-hybridized carbons (Fsp3) is 0.310. The third-order valence-electron chi connectivity index (χ3n) is 10.6. The molecule has 1 aromatic carbocycles. The maximum atomic E-state index is 6.49. The first-order valence-electron chi connectivity index (χ1n) is 17.0. The van der Waals surface area contributed by atoms with Crippen LogP contribution in [0.1, 0.15) is 97.0 Å². The van der Waals surface area contributed by atoms with Crippen LogP contribution in [0.2, 0.25) is 0 Å². The molecule has 0 N–H and O–H groups in total. The van der Waals surface area contributed by atoms with Crippen molar-refractivity contribution in [1.29, 1.82) is 0 Å². The summed E-state index contributed by atoms with van der Waals surface area (Å²) in [7, 11) is 0. The molecule has 1 aliphatic heterocycles. The summed E-state index contributed by atoms with van der Waals surface area (Å²) in [6.45, 7) is 0.659. The molecular weight excluding hydrogens is 550 g/mol. The molecular formula is C42H39NO2. The maximum absolute atomic E-state index is 6.49. The van der Waals surface area contributed by atoms with Gasteiger partial charge in [0.25, 0.3) is 0 Å². The van der Waals surface area contributed by atoms with Crippen LogP contribution in [-0.4, -0.2) is 11.6 Å². The zero-order valence-corrected chi connectivity index (χ0v) is 25.8. The van der Waals surface area contributed by atoms with Crippen LogP contribution in [-0.2, 0) is 11.2 Å². The highest BCUT2D eigenvalue weighted by Crippen LogP contribution is 2.46. The lowest BCUT2D eigenvalue weighted by molar-refractivity contribution is 0.190. The average Bonchev–Trinajstić information content (AvgIpc) is 3.50. The van der Waals surface area contributed by atoms with Gasteiger partial charge >= 0.3 is 0 Å². The Labute approximate surface area is 265 Å². The molecule has 45 heavy (non-hydrogen) atoms. The molecule has 224 valence electrons. The predicted molar refractivity (Wildman–Crippen MR) is 184 cm³/mol. The Bertz CT molecular complexity index is 1950.